The van der Waals surface area contributed by atoms with Crippen molar-refractivity contribution in [3.8, 4) is 11.1 Å². The van der Waals surface area contributed by atoms with Crippen molar-refractivity contribution in [2.24, 2.45) is 0 Å². The van der Waals surface area contributed by atoms with Gasteiger partial charge in [0.15, 0.2) is 0 Å². The van der Waals surface area contributed by atoms with Crippen molar-refractivity contribution in [1.29, 1.82) is 0 Å². The van der Waals surface area contributed by atoms with Gasteiger partial charge >= 0.3 is 5.97 Å². The van der Waals surface area contributed by atoms with Gasteiger partial charge in [0.05, 0.1) is 23.6 Å². The molecule has 0 spiro atoms. The van der Waals surface area contributed by atoms with E-state index in [0.717, 1.165) is 40.9 Å². The summed E-state index contributed by atoms with van der Waals surface area (Å²) in [5, 5.41) is 0.634. The first-order chi connectivity index (χ1) is 13.8. The number of hydrogen-bond acceptors (Lipinski definition) is 3. The molecule has 0 aliphatic rings. The lowest BCUT2D eigenvalue weighted by molar-refractivity contribution is 0.0525. The average molecular weight is 414 g/mol. The molecule has 1 aromatic carbocycles. The van der Waals surface area contributed by atoms with E-state index in [-0.39, 0.29) is 17.8 Å². The van der Waals surface area contributed by atoms with Crippen molar-refractivity contribution >= 4 is 23.6 Å². The molecule has 1 aromatic heterocycles. The van der Waals surface area contributed by atoms with Gasteiger partial charge in [0.25, 0.3) is 0 Å². The molecule has 0 fully saturated rings. The third-order valence-electron chi connectivity index (χ3n) is 4.72. The van der Waals surface area contributed by atoms with E-state index in [1.165, 1.54) is 0 Å². The maximum absolute atomic E-state index is 13.1. The number of hydrogen-bond donors (Lipinski definition) is 0. The van der Waals surface area contributed by atoms with Crippen LogP contribution in [0.15, 0.2) is 30.3 Å². The lowest BCUT2D eigenvalue weighted by atomic mass is 9.87. The molecule has 2 rings (SSSR count). The monoisotopic (exact) mass is 413 g/mol. The second-order valence-corrected chi connectivity index (χ2v) is 8.21. The van der Waals surface area contributed by atoms with Crippen molar-refractivity contribution in [2.45, 2.75) is 66.2 Å². The van der Waals surface area contributed by atoms with Gasteiger partial charge in [-0.1, -0.05) is 76.9 Å². The van der Waals surface area contributed by atoms with E-state index in [1.54, 1.807) is 0 Å². The van der Waals surface area contributed by atoms with E-state index in [4.69, 9.17) is 21.3 Å². The summed E-state index contributed by atoms with van der Waals surface area (Å²) >= 11 is 6.32. The minimum atomic E-state index is -0.334. The van der Waals surface area contributed by atoms with Gasteiger partial charge in [-0.15, -0.1) is 0 Å². The predicted octanol–water partition coefficient (Wildman–Crippen LogP) is 7.64. The van der Waals surface area contributed by atoms with Crippen molar-refractivity contribution in [1.82, 2.24) is 4.98 Å². The number of unbranched alkanes of at least 4 members (excludes halogenated alkanes) is 1. The lowest BCUT2D eigenvalue weighted by Gasteiger charge is -2.23. The van der Waals surface area contributed by atoms with Crippen LogP contribution in [0.1, 0.15) is 93.5 Å². The van der Waals surface area contributed by atoms with Gasteiger partial charge < -0.3 is 4.74 Å². The van der Waals surface area contributed by atoms with E-state index in [0.29, 0.717) is 17.2 Å². The molecule has 0 saturated carbocycles. The summed E-state index contributed by atoms with van der Waals surface area (Å²) in [7, 11) is 0. The number of rotatable bonds is 8. The zero-order valence-corrected chi connectivity index (χ0v) is 19.1. The highest BCUT2D eigenvalue weighted by molar-refractivity contribution is 6.30. The molecular formula is C25H32ClNO2. The zero-order valence-electron chi connectivity index (χ0n) is 18.4. The van der Waals surface area contributed by atoms with Crippen molar-refractivity contribution in [3.05, 3.63) is 57.9 Å². The summed E-state index contributed by atoms with van der Waals surface area (Å²) in [5.74, 6) is -0.0411. The largest absolute Gasteiger partial charge is 0.462 e. The first-order valence-electron chi connectivity index (χ1n) is 10.5. The fourth-order valence-corrected chi connectivity index (χ4v) is 3.58. The van der Waals surface area contributed by atoms with E-state index in [9.17, 15) is 4.79 Å². The summed E-state index contributed by atoms with van der Waals surface area (Å²) in [6, 6.07) is 7.66. The van der Waals surface area contributed by atoms with Crippen molar-refractivity contribution in [2.75, 3.05) is 6.61 Å². The normalized spacial score (nSPS) is 11.6. The van der Waals surface area contributed by atoms with Gasteiger partial charge in [0, 0.05) is 16.1 Å². The first kappa shape index (κ1) is 23.2. The van der Waals surface area contributed by atoms with Crippen LogP contribution in [-0.4, -0.2) is 17.6 Å². The highest BCUT2D eigenvalue weighted by Crippen LogP contribution is 2.38. The summed E-state index contributed by atoms with van der Waals surface area (Å²) in [6.45, 7) is 12.7. The quantitative estimate of drug-likeness (QED) is 0.417. The van der Waals surface area contributed by atoms with Gasteiger partial charge in [0.1, 0.15) is 0 Å². The van der Waals surface area contributed by atoms with Crippen LogP contribution in [-0.2, 0) is 4.74 Å². The molecule has 0 aliphatic heterocycles. The summed E-state index contributed by atoms with van der Waals surface area (Å²) in [5.41, 5.74) is 5.05. The summed E-state index contributed by atoms with van der Waals surface area (Å²) in [4.78, 5) is 18.1. The molecule has 0 atom stereocenters. The molecule has 4 heteroatoms. The maximum atomic E-state index is 13.1. The number of pyridine rings is 1. The van der Waals surface area contributed by atoms with Crippen LogP contribution in [0.5, 0.6) is 0 Å². The van der Waals surface area contributed by atoms with Crippen LogP contribution >= 0.6 is 11.6 Å². The Morgan fingerprint density at radius 1 is 1.14 bits per heavy atom. The Morgan fingerprint density at radius 2 is 1.83 bits per heavy atom. The molecule has 0 saturated heterocycles. The minimum absolute atomic E-state index is 0.0820. The fraction of sp³-hybridized carbons (Fsp3) is 0.440. The van der Waals surface area contributed by atoms with E-state index in [1.807, 2.05) is 31.2 Å². The average Bonchev–Trinajstić information content (AvgIpc) is 2.67. The third-order valence-corrected chi connectivity index (χ3v) is 4.95. The molecule has 1 heterocycles. The number of aromatic nitrogens is 1. The Balaban J connectivity index is 2.99. The van der Waals surface area contributed by atoms with E-state index in [2.05, 4.69) is 46.8 Å². The van der Waals surface area contributed by atoms with Crippen LogP contribution in [0.2, 0.25) is 5.02 Å². The molecule has 29 heavy (non-hydrogen) atoms. The Hall–Kier alpha value is -2.13. The Kier molecular flexibility index (Phi) is 8.45. The molecule has 156 valence electrons. The number of ether oxygens (including phenoxy) is 1. The Morgan fingerprint density at radius 3 is 2.38 bits per heavy atom. The number of nitrogens with zero attached hydrogens (tertiary/aromatic N) is 1. The standard InChI is InChI=1S/C25H32ClNO2/c1-7-9-10-14-20-21(18-12-11-13-19(26)15-18)22(25(28)29-8-2)24(17(5)6)27-23(20)16(3)4/h10-17H,7-9H2,1-6H3/b14-10+. The van der Waals surface area contributed by atoms with E-state index >= 15 is 0 Å². The zero-order chi connectivity index (χ0) is 21.6. The number of carbonyl (C=O) groups is 1. The second-order valence-electron chi connectivity index (χ2n) is 7.78. The molecule has 0 amide bonds. The molecule has 0 aliphatic carbocycles. The number of carbonyl (C=O) groups excluding carboxylic acids is 1. The van der Waals surface area contributed by atoms with Crippen LogP contribution in [0, 0.1) is 0 Å². The van der Waals surface area contributed by atoms with Gasteiger partial charge in [0.2, 0.25) is 0 Å². The van der Waals surface area contributed by atoms with Gasteiger partial charge in [-0.25, -0.2) is 4.79 Å². The minimum Gasteiger partial charge on any atom is -0.462 e. The van der Waals surface area contributed by atoms with Crippen LogP contribution < -0.4 is 0 Å². The highest BCUT2D eigenvalue weighted by atomic mass is 35.5. The smallest absolute Gasteiger partial charge is 0.340 e. The van der Waals surface area contributed by atoms with Gasteiger partial charge in [-0.2, -0.15) is 0 Å². The third kappa shape index (κ3) is 5.48. The van der Waals surface area contributed by atoms with Crippen LogP contribution in [0.3, 0.4) is 0 Å². The Bertz CT molecular complexity index is 885. The molecule has 2 aromatic rings. The van der Waals surface area contributed by atoms with E-state index < -0.39 is 0 Å². The molecule has 0 bridgehead atoms. The molecule has 0 N–H and O–H groups in total. The fourth-order valence-electron chi connectivity index (χ4n) is 3.38. The van der Waals surface area contributed by atoms with Crippen molar-refractivity contribution in [3.63, 3.8) is 0 Å². The number of esters is 1. The first-order valence-corrected chi connectivity index (χ1v) is 10.9. The highest BCUT2D eigenvalue weighted by Gasteiger charge is 2.27. The topological polar surface area (TPSA) is 39.2 Å². The predicted molar refractivity (Wildman–Crippen MR) is 123 cm³/mol. The summed E-state index contributed by atoms with van der Waals surface area (Å²) < 4.78 is 5.46. The molecule has 3 nitrogen and oxygen atoms in total. The van der Waals surface area contributed by atoms with Crippen LogP contribution in [0.4, 0.5) is 0 Å². The molecule has 0 unspecified atom stereocenters. The lowest BCUT2D eigenvalue weighted by Crippen LogP contribution is -2.16. The Labute approximate surface area is 180 Å². The van der Waals surface area contributed by atoms with Crippen molar-refractivity contribution < 1.29 is 9.53 Å². The van der Waals surface area contributed by atoms with Gasteiger partial charge in [-0.05, 0) is 42.9 Å². The number of allylic oxidation sites excluding steroid dienone is 1. The van der Waals surface area contributed by atoms with Gasteiger partial charge in [-0.3, -0.25) is 4.98 Å². The SMILES string of the molecule is CCC/C=C/c1c(C(C)C)nc(C(C)C)c(C(=O)OCC)c1-c1cccc(Cl)c1. The molecular weight excluding hydrogens is 382 g/mol. The summed E-state index contributed by atoms with van der Waals surface area (Å²) in [6.07, 6.45) is 6.28. The van der Waals surface area contributed by atoms with Crippen LogP contribution in [0.25, 0.3) is 17.2 Å². The second kappa shape index (κ2) is 10.6. The number of halogens is 1. The maximum Gasteiger partial charge on any atom is 0.340 e. The number of benzene rings is 1. The molecule has 0 radical (unpaired) electrons.